The molecule has 21 heavy (non-hydrogen) atoms. The predicted octanol–water partition coefficient (Wildman–Crippen LogP) is 4.16. The molecular formula is C17H19NO3. The third-order valence-corrected chi connectivity index (χ3v) is 3.80. The van der Waals surface area contributed by atoms with E-state index >= 15 is 0 Å². The fourth-order valence-electron chi connectivity index (χ4n) is 2.64. The number of ether oxygens (including phenoxy) is 1. The summed E-state index contributed by atoms with van der Waals surface area (Å²) in [6, 6.07) is 9.31. The van der Waals surface area contributed by atoms with Crippen LogP contribution in [0.15, 0.2) is 41.0 Å². The summed E-state index contributed by atoms with van der Waals surface area (Å²) in [6.07, 6.45) is 6.37. The van der Waals surface area contributed by atoms with Gasteiger partial charge in [0.15, 0.2) is 5.76 Å². The first-order chi connectivity index (χ1) is 10.2. The van der Waals surface area contributed by atoms with Crippen molar-refractivity contribution in [1.82, 2.24) is 0 Å². The minimum absolute atomic E-state index is 0.250. The molecule has 1 heterocycles. The summed E-state index contributed by atoms with van der Waals surface area (Å²) in [4.78, 5) is 12.2. The highest BCUT2D eigenvalue weighted by molar-refractivity contribution is 6.03. The van der Waals surface area contributed by atoms with Gasteiger partial charge in [-0.3, -0.25) is 4.79 Å². The average molecular weight is 285 g/mol. The SMILES string of the molecule is Cc1ccoc1C(=O)Nc1ccccc1OC1CCCC1. The smallest absolute Gasteiger partial charge is 0.291 e. The van der Waals surface area contributed by atoms with E-state index in [0.29, 0.717) is 11.4 Å². The zero-order valence-electron chi connectivity index (χ0n) is 12.1. The topological polar surface area (TPSA) is 51.5 Å². The van der Waals surface area contributed by atoms with Gasteiger partial charge in [-0.05, 0) is 50.8 Å². The molecule has 1 aliphatic carbocycles. The van der Waals surface area contributed by atoms with Gasteiger partial charge in [0.25, 0.3) is 5.91 Å². The molecule has 1 amide bonds. The molecule has 0 atom stereocenters. The second-order valence-corrected chi connectivity index (χ2v) is 5.41. The fraction of sp³-hybridized carbons (Fsp3) is 0.353. The maximum absolute atomic E-state index is 12.2. The zero-order valence-corrected chi connectivity index (χ0v) is 12.1. The second kappa shape index (κ2) is 6.04. The Morgan fingerprint density at radius 3 is 2.71 bits per heavy atom. The Bertz CT molecular complexity index is 626. The van der Waals surface area contributed by atoms with Crippen molar-refractivity contribution >= 4 is 11.6 Å². The minimum Gasteiger partial charge on any atom is -0.488 e. The van der Waals surface area contributed by atoms with Gasteiger partial charge in [0, 0.05) is 5.56 Å². The number of furan rings is 1. The van der Waals surface area contributed by atoms with Crippen LogP contribution in [0.5, 0.6) is 5.75 Å². The highest BCUT2D eigenvalue weighted by Gasteiger charge is 2.19. The third kappa shape index (κ3) is 3.10. The molecule has 1 fully saturated rings. The number of carbonyl (C=O) groups excluding carboxylic acids is 1. The average Bonchev–Trinajstić information content (AvgIpc) is 3.12. The van der Waals surface area contributed by atoms with Crippen LogP contribution < -0.4 is 10.1 Å². The number of para-hydroxylation sites is 2. The van der Waals surface area contributed by atoms with Crippen LogP contribution in [-0.2, 0) is 0 Å². The first kappa shape index (κ1) is 13.7. The summed E-state index contributed by atoms with van der Waals surface area (Å²) >= 11 is 0. The van der Waals surface area contributed by atoms with Gasteiger partial charge in [-0.25, -0.2) is 0 Å². The molecule has 2 aromatic rings. The van der Waals surface area contributed by atoms with Crippen LogP contribution in [0.4, 0.5) is 5.69 Å². The second-order valence-electron chi connectivity index (χ2n) is 5.41. The van der Waals surface area contributed by atoms with Crippen molar-refractivity contribution in [3.8, 4) is 5.75 Å². The van der Waals surface area contributed by atoms with E-state index < -0.39 is 0 Å². The lowest BCUT2D eigenvalue weighted by Crippen LogP contribution is -2.16. The number of hydrogen-bond acceptors (Lipinski definition) is 3. The number of carbonyl (C=O) groups is 1. The van der Waals surface area contributed by atoms with E-state index in [-0.39, 0.29) is 12.0 Å². The highest BCUT2D eigenvalue weighted by atomic mass is 16.5. The summed E-state index contributed by atoms with van der Waals surface area (Å²) in [5.74, 6) is 0.813. The lowest BCUT2D eigenvalue weighted by Gasteiger charge is -2.16. The van der Waals surface area contributed by atoms with Gasteiger partial charge in [-0.15, -0.1) is 0 Å². The highest BCUT2D eigenvalue weighted by Crippen LogP contribution is 2.30. The molecule has 1 aliphatic rings. The molecule has 1 aromatic heterocycles. The van der Waals surface area contributed by atoms with Crippen molar-refractivity contribution in [3.05, 3.63) is 47.9 Å². The van der Waals surface area contributed by atoms with Crippen LogP contribution in [0, 0.1) is 6.92 Å². The van der Waals surface area contributed by atoms with E-state index in [0.717, 1.165) is 24.2 Å². The molecule has 0 unspecified atom stereocenters. The first-order valence-electron chi connectivity index (χ1n) is 7.35. The van der Waals surface area contributed by atoms with Crippen LogP contribution in [0.1, 0.15) is 41.8 Å². The molecule has 4 heteroatoms. The summed E-state index contributed by atoms with van der Waals surface area (Å²) in [6.45, 7) is 1.85. The minimum atomic E-state index is -0.250. The molecule has 1 N–H and O–H groups in total. The molecule has 3 rings (SSSR count). The zero-order chi connectivity index (χ0) is 14.7. The van der Waals surface area contributed by atoms with Crippen molar-refractivity contribution in [3.63, 3.8) is 0 Å². The molecule has 110 valence electrons. The summed E-state index contributed by atoms with van der Waals surface area (Å²) < 4.78 is 11.2. The molecule has 0 bridgehead atoms. The van der Waals surface area contributed by atoms with Crippen LogP contribution in [-0.4, -0.2) is 12.0 Å². The molecule has 0 aliphatic heterocycles. The Hall–Kier alpha value is -2.23. The third-order valence-electron chi connectivity index (χ3n) is 3.80. The number of amides is 1. The number of hydrogen-bond donors (Lipinski definition) is 1. The Labute approximate surface area is 124 Å². The molecular weight excluding hydrogens is 266 g/mol. The molecule has 4 nitrogen and oxygen atoms in total. The van der Waals surface area contributed by atoms with Crippen LogP contribution in [0.2, 0.25) is 0 Å². The molecule has 1 saturated carbocycles. The normalized spacial score (nSPS) is 15.1. The number of nitrogens with one attached hydrogen (secondary N) is 1. The summed E-state index contributed by atoms with van der Waals surface area (Å²) in [5, 5.41) is 2.87. The Balaban J connectivity index is 1.75. The number of aryl methyl sites for hydroxylation is 1. The van der Waals surface area contributed by atoms with Crippen molar-refractivity contribution in [2.24, 2.45) is 0 Å². The standard InChI is InChI=1S/C17H19NO3/c1-12-10-11-20-16(12)17(19)18-14-8-4-5-9-15(14)21-13-6-2-3-7-13/h4-5,8-11,13H,2-3,6-7H2,1H3,(H,18,19). The maximum Gasteiger partial charge on any atom is 0.291 e. The predicted molar refractivity (Wildman–Crippen MR) is 80.7 cm³/mol. The number of benzene rings is 1. The van der Waals surface area contributed by atoms with Crippen molar-refractivity contribution in [2.45, 2.75) is 38.7 Å². The van der Waals surface area contributed by atoms with Gasteiger partial charge in [0.2, 0.25) is 0 Å². The first-order valence-corrected chi connectivity index (χ1v) is 7.35. The quantitative estimate of drug-likeness (QED) is 0.917. The van der Waals surface area contributed by atoms with E-state index in [1.54, 1.807) is 6.07 Å². The van der Waals surface area contributed by atoms with Gasteiger partial charge in [-0.1, -0.05) is 12.1 Å². The number of rotatable bonds is 4. The van der Waals surface area contributed by atoms with Gasteiger partial charge < -0.3 is 14.5 Å². The van der Waals surface area contributed by atoms with Gasteiger partial charge in [-0.2, -0.15) is 0 Å². The Morgan fingerprint density at radius 2 is 2.00 bits per heavy atom. The molecule has 0 saturated heterocycles. The largest absolute Gasteiger partial charge is 0.488 e. The molecule has 0 spiro atoms. The van der Waals surface area contributed by atoms with Crippen LogP contribution >= 0.6 is 0 Å². The van der Waals surface area contributed by atoms with E-state index in [1.165, 1.54) is 19.1 Å². The summed E-state index contributed by atoms with van der Waals surface area (Å²) in [5.41, 5.74) is 1.51. The maximum atomic E-state index is 12.2. The number of anilines is 1. The lowest BCUT2D eigenvalue weighted by molar-refractivity contribution is 0.0995. The Morgan fingerprint density at radius 1 is 1.24 bits per heavy atom. The molecule has 1 aromatic carbocycles. The van der Waals surface area contributed by atoms with Gasteiger partial charge in [0.1, 0.15) is 5.75 Å². The Kier molecular flexibility index (Phi) is 3.95. The van der Waals surface area contributed by atoms with E-state index in [2.05, 4.69) is 5.32 Å². The monoisotopic (exact) mass is 285 g/mol. The van der Waals surface area contributed by atoms with Crippen LogP contribution in [0.25, 0.3) is 0 Å². The van der Waals surface area contributed by atoms with E-state index in [9.17, 15) is 4.79 Å². The van der Waals surface area contributed by atoms with Gasteiger partial charge >= 0.3 is 0 Å². The van der Waals surface area contributed by atoms with E-state index in [1.807, 2.05) is 31.2 Å². The summed E-state index contributed by atoms with van der Waals surface area (Å²) in [7, 11) is 0. The molecule has 0 radical (unpaired) electrons. The van der Waals surface area contributed by atoms with Crippen LogP contribution in [0.3, 0.4) is 0 Å². The van der Waals surface area contributed by atoms with Gasteiger partial charge in [0.05, 0.1) is 18.1 Å². The lowest BCUT2D eigenvalue weighted by atomic mass is 10.2. The van der Waals surface area contributed by atoms with Crippen molar-refractivity contribution in [1.29, 1.82) is 0 Å². The fourth-order valence-corrected chi connectivity index (χ4v) is 2.64. The van der Waals surface area contributed by atoms with Crippen molar-refractivity contribution in [2.75, 3.05) is 5.32 Å². The van der Waals surface area contributed by atoms with E-state index in [4.69, 9.17) is 9.15 Å². The van der Waals surface area contributed by atoms with Crippen molar-refractivity contribution < 1.29 is 13.9 Å².